The van der Waals surface area contributed by atoms with Gasteiger partial charge in [0.1, 0.15) is 5.60 Å². The number of fused-ring (bicyclic) bond motifs is 1. The van der Waals surface area contributed by atoms with Gasteiger partial charge >= 0.3 is 12.1 Å². The number of anilines is 1. The quantitative estimate of drug-likeness (QED) is 0.296. The standard InChI is InChI=1S/C31H31FN4O4/c1-20(2)35-18-24(26-15-22(5-9-27(26)35)23-6-10-28(32)33-16-23)17-34-13-11-31(12-14-34)19-36(30(39)40-31)25-7-3-21(4-8-25)29(37)38/h3-10,15-16,18,20H,11-14,17,19H2,1-2H3,(H,37,38). The summed E-state index contributed by atoms with van der Waals surface area (Å²) >= 11 is 0. The zero-order chi connectivity index (χ0) is 28.0. The Hall–Kier alpha value is -4.24. The van der Waals surface area contributed by atoms with Crippen LogP contribution in [0, 0.1) is 5.95 Å². The van der Waals surface area contributed by atoms with Gasteiger partial charge in [-0.2, -0.15) is 4.39 Å². The Balaban J connectivity index is 1.18. The van der Waals surface area contributed by atoms with Crippen molar-refractivity contribution in [3.05, 3.63) is 84.1 Å². The van der Waals surface area contributed by atoms with Gasteiger partial charge < -0.3 is 14.4 Å². The van der Waals surface area contributed by atoms with Crippen molar-refractivity contribution in [1.29, 1.82) is 0 Å². The van der Waals surface area contributed by atoms with Crippen molar-refractivity contribution >= 4 is 28.7 Å². The molecule has 8 nitrogen and oxygen atoms in total. The van der Waals surface area contributed by atoms with E-state index in [1.165, 1.54) is 29.1 Å². The molecule has 0 saturated carbocycles. The minimum atomic E-state index is -1.00. The van der Waals surface area contributed by atoms with E-state index in [0.717, 1.165) is 49.1 Å². The summed E-state index contributed by atoms with van der Waals surface area (Å²) in [4.78, 5) is 31.8. The Morgan fingerprint density at radius 2 is 1.80 bits per heavy atom. The van der Waals surface area contributed by atoms with E-state index in [2.05, 4.69) is 52.7 Å². The smallest absolute Gasteiger partial charge is 0.415 e. The second-order valence-electron chi connectivity index (χ2n) is 11.0. The number of carbonyl (C=O) groups excluding carboxylic acids is 1. The molecule has 2 saturated heterocycles. The molecule has 1 spiro atoms. The van der Waals surface area contributed by atoms with Crippen LogP contribution in [0.4, 0.5) is 14.9 Å². The Morgan fingerprint density at radius 1 is 1.07 bits per heavy atom. The molecule has 1 N–H and O–H groups in total. The van der Waals surface area contributed by atoms with E-state index in [0.29, 0.717) is 18.3 Å². The molecule has 1 amide bonds. The number of aromatic nitrogens is 2. The van der Waals surface area contributed by atoms with Crippen LogP contribution in [-0.4, -0.2) is 56.9 Å². The van der Waals surface area contributed by atoms with Gasteiger partial charge in [-0.15, -0.1) is 0 Å². The van der Waals surface area contributed by atoms with Crippen molar-refractivity contribution in [3.63, 3.8) is 0 Å². The van der Waals surface area contributed by atoms with E-state index >= 15 is 0 Å². The maximum Gasteiger partial charge on any atom is 0.415 e. The summed E-state index contributed by atoms with van der Waals surface area (Å²) in [5.41, 5.74) is 4.52. The van der Waals surface area contributed by atoms with Crippen LogP contribution in [0.15, 0.2) is 67.0 Å². The third kappa shape index (κ3) is 4.81. The number of halogens is 1. The van der Waals surface area contributed by atoms with Gasteiger partial charge in [0.05, 0.1) is 12.1 Å². The highest BCUT2D eigenvalue weighted by Gasteiger charge is 2.47. The number of likely N-dealkylation sites (tertiary alicyclic amines) is 1. The SMILES string of the molecule is CC(C)n1cc(CN2CCC3(CC2)CN(c2ccc(C(=O)O)cc2)C(=O)O3)c2cc(-c3ccc(F)nc3)ccc21. The minimum Gasteiger partial charge on any atom is -0.478 e. The van der Waals surface area contributed by atoms with Crippen molar-refractivity contribution < 1.29 is 23.8 Å². The highest BCUT2D eigenvalue weighted by Crippen LogP contribution is 2.37. The van der Waals surface area contributed by atoms with Crippen LogP contribution in [0.2, 0.25) is 0 Å². The zero-order valence-electron chi connectivity index (χ0n) is 22.5. The number of carboxylic acid groups (broad SMARTS) is 1. The predicted octanol–water partition coefficient (Wildman–Crippen LogP) is 6.11. The molecule has 2 aromatic heterocycles. The summed E-state index contributed by atoms with van der Waals surface area (Å²) in [5.74, 6) is -1.49. The Bertz CT molecular complexity index is 1570. The second kappa shape index (κ2) is 10.1. The number of carbonyl (C=O) groups is 2. The van der Waals surface area contributed by atoms with Crippen LogP contribution >= 0.6 is 0 Å². The van der Waals surface area contributed by atoms with E-state index in [9.17, 15) is 14.0 Å². The molecule has 206 valence electrons. The zero-order valence-corrected chi connectivity index (χ0v) is 22.5. The van der Waals surface area contributed by atoms with Crippen molar-refractivity contribution in [2.75, 3.05) is 24.5 Å². The van der Waals surface area contributed by atoms with Crippen molar-refractivity contribution in [2.45, 2.75) is 44.9 Å². The number of pyridine rings is 1. The molecule has 0 aliphatic carbocycles. The van der Waals surface area contributed by atoms with Gasteiger partial charge in [-0.1, -0.05) is 6.07 Å². The molecular formula is C31H31FN4O4. The lowest BCUT2D eigenvalue weighted by molar-refractivity contribution is -0.000898. The summed E-state index contributed by atoms with van der Waals surface area (Å²) in [7, 11) is 0. The number of benzene rings is 2. The number of hydrogen-bond donors (Lipinski definition) is 1. The van der Waals surface area contributed by atoms with Gasteiger partial charge in [0.2, 0.25) is 5.95 Å². The summed E-state index contributed by atoms with van der Waals surface area (Å²) in [5, 5.41) is 10.3. The van der Waals surface area contributed by atoms with E-state index < -0.39 is 17.5 Å². The lowest BCUT2D eigenvalue weighted by Crippen LogP contribution is -2.46. The number of hydrogen-bond acceptors (Lipinski definition) is 5. The van der Waals surface area contributed by atoms with Crippen LogP contribution in [0.3, 0.4) is 0 Å². The van der Waals surface area contributed by atoms with Crippen molar-refractivity contribution in [3.8, 4) is 11.1 Å². The molecule has 2 aliphatic heterocycles. The molecular weight excluding hydrogens is 511 g/mol. The molecule has 4 aromatic rings. The molecule has 0 atom stereocenters. The van der Waals surface area contributed by atoms with E-state index in [-0.39, 0.29) is 11.7 Å². The largest absolute Gasteiger partial charge is 0.478 e. The summed E-state index contributed by atoms with van der Waals surface area (Å²) in [6.07, 6.45) is 4.84. The molecule has 0 bridgehead atoms. The van der Waals surface area contributed by atoms with Gasteiger partial charge in [-0.3, -0.25) is 9.80 Å². The molecule has 2 aliphatic rings. The van der Waals surface area contributed by atoms with Crippen molar-refractivity contribution in [1.82, 2.24) is 14.5 Å². The fraction of sp³-hybridized carbons (Fsp3) is 0.323. The van der Waals surface area contributed by atoms with Gasteiger partial charge in [-0.05, 0) is 73.5 Å². The fourth-order valence-electron chi connectivity index (χ4n) is 5.83. The van der Waals surface area contributed by atoms with Crippen LogP contribution < -0.4 is 4.90 Å². The molecule has 0 unspecified atom stereocenters. The number of carboxylic acids is 1. The van der Waals surface area contributed by atoms with Crippen LogP contribution in [0.25, 0.3) is 22.0 Å². The maximum atomic E-state index is 13.4. The third-order valence-corrected chi connectivity index (χ3v) is 8.09. The summed E-state index contributed by atoms with van der Waals surface area (Å²) in [6.45, 7) is 7.13. The van der Waals surface area contributed by atoms with E-state index in [4.69, 9.17) is 9.84 Å². The van der Waals surface area contributed by atoms with E-state index in [1.54, 1.807) is 29.3 Å². The first-order valence-corrected chi connectivity index (χ1v) is 13.5. The van der Waals surface area contributed by atoms with Gasteiger partial charge in [0, 0.05) is 73.1 Å². The number of aromatic carboxylic acids is 1. The first-order chi connectivity index (χ1) is 19.2. The number of rotatable bonds is 6. The molecule has 0 radical (unpaired) electrons. The molecule has 4 heterocycles. The molecule has 9 heteroatoms. The number of ether oxygens (including phenoxy) is 1. The Labute approximate surface area is 231 Å². The Morgan fingerprint density at radius 3 is 2.45 bits per heavy atom. The second-order valence-corrected chi connectivity index (χ2v) is 11.0. The molecule has 40 heavy (non-hydrogen) atoms. The monoisotopic (exact) mass is 542 g/mol. The number of nitrogens with zero attached hydrogens (tertiary/aromatic N) is 4. The summed E-state index contributed by atoms with van der Waals surface area (Å²) in [6, 6.07) is 16.1. The first-order valence-electron chi connectivity index (χ1n) is 13.5. The predicted molar refractivity (Wildman–Crippen MR) is 150 cm³/mol. The fourth-order valence-corrected chi connectivity index (χ4v) is 5.83. The topological polar surface area (TPSA) is 87.9 Å². The highest BCUT2D eigenvalue weighted by atomic mass is 19.1. The Kier molecular flexibility index (Phi) is 6.54. The molecule has 2 aromatic carbocycles. The normalized spacial score (nSPS) is 17.2. The van der Waals surface area contributed by atoms with E-state index in [1.807, 2.05) is 0 Å². The lowest BCUT2D eigenvalue weighted by Gasteiger charge is -2.37. The van der Waals surface area contributed by atoms with Crippen LogP contribution in [-0.2, 0) is 11.3 Å². The average Bonchev–Trinajstić information content (AvgIpc) is 3.47. The average molecular weight is 543 g/mol. The van der Waals surface area contributed by atoms with Gasteiger partial charge in [-0.25, -0.2) is 14.6 Å². The number of piperidine rings is 1. The van der Waals surface area contributed by atoms with Gasteiger partial charge in [0.25, 0.3) is 0 Å². The van der Waals surface area contributed by atoms with Crippen LogP contribution in [0.5, 0.6) is 0 Å². The minimum absolute atomic E-state index is 0.180. The van der Waals surface area contributed by atoms with Gasteiger partial charge in [0.15, 0.2) is 0 Å². The number of amides is 1. The van der Waals surface area contributed by atoms with Crippen molar-refractivity contribution in [2.24, 2.45) is 0 Å². The first kappa shape index (κ1) is 26.0. The molecule has 6 rings (SSSR count). The maximum absolute atomic E-state index is 13.4. The van der Waals surface area contributed by atoms with Crippen LogP contribution in [0.1, 0.15) is 48.7 Å². The highest BCUT2D eigenvalue weighted by molar-refractivity contribution is 5.92. The summed E-state index contributed by atoms with van der Waals surface area (Å²) < 4.78 is 21.6. The molecule has 2 fully saturated rings. The third-order valence-electron chi connectivity index (χ3n) is 8.09. The lowest BCUT2D eigenvalue weighted by atomic mass is 9.91.